The van der Waals surface area contributed by atoms with E-state index in [1.54, 1.807) is 6.08 Å². The van der Waals surface area contributed by atoms with Gasteiger partial charge in [-0.05, 0) is 32.1 Å². The van der Waals surface area contributed by atoms with Gasteiger partial charge >= 0.3 is 0 Å². The molecular formula is C80H151NO18. The van der Waals surface area contributed by atoms with E-state index in [1.165, 1.54) is 276 Å². The van der Waals surface area contributed by atoms with Crippen LogP contribution in [-0.4, -0.2) is 193 Å². The molecule has 3 fully saturated rings. The lowest BCUT2D eigenvalue weighted by molar-refractivity contribution is -0.379. The van der Waals surface area contributed by atoms with Crippen molar-refractivity contribution in [1.82, 2.24) is 5.32 Å². The molecule has 3 saturated heterocycles. The number of aliphatic hydroxyl groups excluding tert-OH is 11. The molecule has 99 heavy (non-hydrogen) atoms. The van der Waals surface area contributed by atoms with Gasteiger partial charge in [0.05, 0.1) is 38.6 Å². The highest BCUT2D eigenvalue weighted by Crippen LogP contribution is 2.33. The molecule has 19 heteroatoms. The van der Waals surface area contributed by atoms with Crippen molar-refractivity contribution in [2.75, 3.05) is 26.4 Å². The van der Waals surface area contributed by atoms with Gasteiger partial charge in [0.1, 0.15) is 73.2 Å². The summed E-state index contributed by atoms with van der Waals surface area (Å²) < 4.78 is 34.4. The molecule has 0 aromatic rings. The van der Waals surface area contributed by atoms with E-state index in [1.807, 2.05) is 6.08 Å². The summed E-state index contributed by atoms with van der Waals surface area (Å²) >= 11 is 0. The Morgan fingerprint density at radius 1 is 0.354 bits per heavy atom. The van der Waals surface area contributed by atoms with E-state index in [0.29, 0.717) is 12.8 Å². The van der Waals surface area contributed by atoms with Gasteiger partial charge in [0.25, 0.3) is 0 Å². The minimum Gasteiger partial charge on any atom is -0.394 e. The summed E-state index contributed by atoms with van der Waals surface area (Å²) in [6, 6.07) is -0.988. The Hall–Kier alpha value is -1.73. The van der Waals surface area contributed by atoms with Crippen LogP contribution in [0.25, 0.3) is 0 Å². The SMILES string of the molecule is CCCCCCCCCCCCCC/C=C/CC/C=C/C(O)C(COC1OC(CO)C(OC2OC(CO)C(OC3OC(CO)C(O)C(O)C3O)C(O)C2O)C(O)C1O)NC(=O)CCCCCCCCCCCCCCCCCCCCCCCCCCCCCCCCCCCCCC. The third-order valence-corrected chi connectivity index (χ3v) is 20.8. The molecule has 0 aromatic carbocycles. The van der Waals surface area contributed by atoms with Gasteiger partial charge in [-0.2, -0.15) is 0 Å². The van der Waals surface area contributed by atoms with Crippen molar-refractivity contribution in [2.45, 2.75) is 452 Å². The molecule has 0 saturated carbocycles. The first kappa shape index (κ1) is 91.5. The Morgan fingerprint density at radius 3 is 1.01 bits per heavy atom. The lowest BCUT2D eigenvalue weighted by Crippen LogP contribution is -2.66. The lowest BCUT2D eigenvalue weighted by atomic mass is 9.96. The minimum atomic E-state index is -1.98. The standard InChI is InChI=1S/C80H151NO18/c1-3-5-7-9-11-13-15-17-19-21-23-24-25-26-27-28-29-30-31-32-33-34-35-36-37-38-39-40-42-44-46-48-50-52-54-56-58-68(86)81-63(64(85)57-55-53-51-49-47-45-43-41-22-20-18-16-14-12-10-8-6-4-2)62-94-78-74(92)71(89)76(66(60-83)96-78)99-80-75(93)72(90)77(67(61-84)97-80)98-79-73(91)70(88)69(87)65(59-82)95-79/h47,49,55,57,63-67,69-80,82-85,87-93H,3-46,48,50-54,56,58-62H2,1-2H3,(H,81,86)/b49-47+,57-55+. The molecule has 3 aliphatic heterocycles. The number of carbonyl (C=O) groups excluding carboxylic acids is 1. The van der Waals surface area contributed by atoms with Crippen LogP contribution in [0.3, 0.4) is 0 Å². The highest BCUT2D eigenvalue weighted by Gasteiger charge is 2.54. The van der Waals surface area contributed by atoms with Gasteiger partial charge in [-0.25, -0.2) is 0 Å². The summed E-state index contributed by atoms with van der Waals surface area (Å²) in [7, 11) is 0. The predicted octanol–water partition coefficient (Wildman–Crippen LogP) is 13.7. The summed E-state index contributed by atoms with van der Waals surface area (Å²) in [6.45, 7) is 1.77. The van der Waals surface area contributed by atoms with Crippen LogP contribution >= 0.6 is 0 Å². The molecule has 3 aliphatic rings. The van der Waals surface area contributed by atoms with Crippen molar-refractivity contribution in [1.29, 1.82) is 0 Å². The Bertz CT molecular complexity index is 1880. The molecule has 12 N–H and O–H groups in total. The summed E-state index contributed by atoms with van der Waals surface area (Å²) in [6.07, 6.45) is 47.7. The van der Waals surface area contributed by atoms with Gasteiger partial charge in [-0.3, -0.25) is 4.79 Å². The summed E-state index contributed by atoms with van der Waals surface area (Å²) in [4.78, 5) is 13.5. The zero-order valence-corrected chi connectivity index (χ0v) is 62.5. The molecule has 584 valence electrons. The molecule has 19 nitrogen and oxygen atoms in total. The van der Waals surface area contributed by atoms with Crippen LogP contribution in [0.15, 0.2) is 24.3 Å². The number of nitrogens with one attached hydrogen (secondary N) is 1. The second kappa shape index (κ2) is 61.4. The van der Waals surface area contributed by atoms with E-state index < -0.39 is 124 Å². The summed E-state index contributed by atoms with van der Waals surface area (Å²) in [5.74, 6) is -0.278. The van der Waals surface area contributed by atoms with E-state index in [9.17, 15) is 61.0 Å². The van der Waals surface area contributed by atoms with Crippen molar-refractivity contribution >= 4 is 5.91 Å². The largest absolute Gasteiger partial charge is 0.394 e. The summed E-state index contributed by atoms with van der Waals surface area (Å²) in [5, 5.41) is 121. The lowest BCUT2D eigenvalue weighted by Gasteiger charge is -2.48. The number of ether oxygens (including phenoxy) is 6. The van der Waals surface area contributed by atoms with Crippen LogP contribution in [0.5, 0.6) is 0 Å². The van der Waals surface area contributed by atoms with E-state index in [2.05, 4.69) is 31.3 Å². The van der Waals surface area contributed by atoms with E-state index in [-0.39, 0.29) is 18.9 Å². The Morgan fingerprint density at radius 2 is 0.646 bits per heavy atom. The quantitative estimate of drug-likeness (QED) is 0.0199. The molecule has 0 bridgehead atoms. The van der Waals surface area contributed by atoms with Gasteiger partial charge < -0.3 is 89.9 Å². The normalized spacial score (nSPS) is 26.7. The fourth-order valence-electron chi connectivity index (χ4n) is 14.2. The molecule has 1 amide bonds. The van der Waals surface area contributed by atoms with Crippen LogP contribution < -0.4 is 5.32 Å². The fraction of sp³-hybridized carbons (Fsp3) is 0.938. The first-order chi connectivity index (χ1) is 48.3. The van der Waals surface area contributed by atoms with Gasteiger partial charge in [-0.1, -0.05) is 334 Å². The molecule has 0 spiro atoms. The zero-order valence-electron chi connectivity index (χ0n) is 62.5. The van der Waals surface area contributed by atoms with Crippen LogP contribution in [-0.2, 0) is 33.2 Å². The molecule has 17 unspecified atom stereocenters. The second-order valence-corrected chi connectivity index (χ2v) is 29.6. The number of carbonyl (C=O) groups is 1. The number of allylic oxidation sites excluding steroid dienone is 3. The van der Waals surface area contributed by atoms with Gasteiger partial charge in [-0.15, -0.1) is 0 Å². The molecule has 0 aromatic heterocycles. The number of rotatable bonds is 66. The monoisotopic (exact) mass is 1410 g/mol. The number of amides is 1. The van der Waals surface area contributed by atoms with Crippen molar-refractivity contribution < 1.29 is 89.4 Å². The molecular weight excluding hydrogens is 1260 g/mol. The second-order valence-electron chi connectivity index (χ2n) is 29.6. The smallest absolute Gasteiger partial charge is 0.220 e. The van der Waals surface area contributed by atoms with Crippen molar-refractivity contribution in [3.05, 3.63) is 24.3 Å². The summed E-state index contributed by atoms with van der Waals surface area (Å²) in [5.41, 5.74) is 0. The maximum atomic E-state index is 13.5. The third kappa shape index (κ3) is 41.7. The Kier molecular flexibility index (Phi) is 56.8. The number of hydrogen-bond acceptors (Lipinski definition) is 18. The zero-order chi connectivity index (χ0) is 71.8. The Balaban J connectivity index is 1.32. The predicted molar refractivity (Wildman–Crippen MR) is 393 cm³/mol. The maximum absolute atomic E-state index is 13.5. The van der Waals surface area contributed by atoms with Crippen molar-refractivity contribution in [2.24, 2.45) is 0 Å². The van der Waals surface area contributed by atoms with Crippen LogP contribution in [0.2, 0.25) is 0 Å². The van der Waals surface area contributed by atoms with Gasteiger partial charge in [0.15, 0.2) is 18.9 Å². The fourth-order valence-corrected chi connectivity index (χ4v) is 14.2. The number of aliphatic hydroxyl groups is 11. The topological polar surface area (TPSA) is 307 Å². The molecule has 0 aliphatic carbocycles. The maximum Gasteiger partial charge on any atom is 0.220 e. The van der Waals surface area contributed by atoms with E-state index in [4.69, 9.17) is 28.4 Å². The number of unbranched alkanes of at least 4 members (excludes halogenated alkanes) is 48. The number of hydrogen-bond donors (Lipinski definition) is 12. The highest BCUT2D eigenvalue weighted by atomic mass is 16.8. The van der Waals surface area contributed by atoms with E-state index in [0.717, 1.165) is 38.5 Å². The molecule has 3 rings (SSSR count). The first-order valence-electron chi connectivity index (χ1n) is 41.1. The van der Waals surface area contributed by atoms with Gasteiger partial charge in [0, 0.05) is 6.42 Å². The van der Waals surface area contributed by atoms with Crippen molar-refractivity contribution in [3.63, 3.8) is 0 Å². The molecule has 0 radical (unpaired) electrons. The Labute approximate surface area is 600 Å². The third-order valence-electron chi connectivity index (χ3n) is 20.8. The van der Waals surface area contributed by atoms with Crippen LogP contribution in [0, 0.1) is 0 Å². The molecule has 17 atom stereocenters. The molecule has 3 heterocycles. The van der Waals surface area contributed by atoms with Crippen LogP contribution in [0.4, 0.5) is 0 Å². The van der Waals surface area contributed by atoms with Crippen molar-refractivity contribution in [3.8, 4) is 0 Å². The van der Waals surface area contributed by atoms with E-state index >= 15 is 0 Å². The highest BCUT2D eigenvalue weighted by molar-refractivity contribution is 5.76. The average Bonchev–Trinajstić information content (AvgIpc) is 0.785. The van der Waals surface area contributed by atoms with Gasteiger partial charge in [0.2, 0.25) is 5.91 Å². The minimum absolute atomic E-state index is 0.241. The van der Waals surface area contributed by atoms with Crippen LogP contribution in [0.1, 0.15) is 348 Å². The first-order valence-corrected chi connectivity index (χ1v) is 41.1. The average molecular weight is 1420 g/mol.